The smallest absolute Gasteiger partial charge is 0.173 e. The lowest BCUT2D eigenvalue weighted by molar-refractivity contribution is 0.356. The van der Waals surface area contributed by atoms with Gasteiger partial charge in [0, 0.05) is 18.1 Å². The molecule has 1 aromatic heterocycles. The highest BCUT2D eigenvalue weighted by Gasteiger charge is 2.24. The van der Waals surface area contributed by atoms with Gasteiger partial charge >= 0.3 is 0 Å². The van der Waals surface area contributed by atoms with Crippen molar-refractivity contribution >= 4 is 5.82 Å². The van der Waals surface area contributed by atoms with Crippen LogP contribution >= 0.6 is 0 Å². The number of benzene rings is 1. The monoisotopic (exact) mass is 232 g/mol. The molecule has 5 heteroatoms. The number of aromatic hydroxyl groups is 1. The van der Waals surface area contributed by atoms with E-state index >= 15 is 0 Å². The molecule has 2 heterocycles. The van der Waals surface area contributed by atoms with E-state index in [0.29, 0.717) is 23.7 Å². The Morgan fingerprint density at radius 3 is 2.94 bits per heavy atom. The third-order valence-electron chi connectivity index (χ3n) is 2.94. The molecule has 1 aliphatic heterocycles. The lowest BCUT2D eigenvalue weighted by Gasteiger charge is -2.09. The average Bonchev–Trinajstić information content (AvgIpc) is 2.89. The summed E-state index contributed by atoms with van der Waals surface area (Å²) >= 11 is 0. The largest absolute Gasteiger partial charge is 0.507 e. The van der Waals surface area contributed by atoms with Crippen LogP contribution in [-0.2, 0) is 6.42 Å². The third kappa shape index (κ3) is 1.43. The van der Waals surface area contributed by atoms with Gasteiger partial charge in [0.05, 0.1) is 12.2 Å². The highest BCUT2D eigenvalue weighted by molar-refractivity contribution is 5.76. The van der Waals surface area contributed by atoms with E-state index in [-0.39, 0.29) is 5.75 Å². The SMILES string of the molecule is Cc1cc2c(c(-c3cc(N)no3)c1O)CCO2. The second-order valence-corrected chi connectivity index (χ2v) is 4.11. The fourth-order valence-corrected chi connectivity index (χ4v) is 2.13. The lowest BCUT2D eigenvalue weighted by Crippen LogP contribution is -1.88. The van der Waals surface area contributed by atoms with Gasteiger partial charge in [0.2, 0.25) is 0 Å². The maximum atomic E-state index is 10.1. The maximum Gasteiger partial charge on any atom is 0.173 e. The van der Waals surface area contributed by atoms with Crippen molar-refractivity contribution in [3.8, 4) is 22.8 Å². The number of phenolic OH excluding ortho intramolecular Hbond substituents is 1. The van der Waals surface area contributed by atoms with Crippen LogP contribution in [0.1, 0.15) is 11.1 Å². The topological polar surface area (TPSA) is 81.5 Å². The first kappa shape index (κ1) is 10.0. The van der Waals surface area contributed by atoms with Crippen molar-refractivity contribution in [3.05, 3.63) is 23.3 Å². The molecule has 0 saturated heterocycles. The van der Waals surface area contributed by atoms with Crippen molar-refractivity contribution in [2.24, 2.45) is 0 Å². The molecule has 3 rings (SSSR count). The van der Waals surface area contributed by atoms with Crippen LogP contribution in [0.25, 0.3) is 11.3 Å². The van der Waals surface area contributed by atoms with Crippen molar-refractivity contribution in [1.82, 2.24) is 5.16 Å². The van der Waals surface area contributed by atoms with Gasteiger partial charge in [0.25, 0.3) is 0 Å². The van der Waals surface area contributed by atoms with E-state index in [1.807, 2.05) is 13.0 Å². The van der Waals surface area contributed by atoms with E-state index in [9.17, 15) is 5.11 Å². The molecule has 0 bridgehead atoms. The van der Waals surface area contributed by atoms with Crippen molar-refractivity contribution in [3.63, 3.8) is 0 Å². The first-order valence-electron chi connectivity index (χ1n) is 5.37. The number of fused-ring (bicyclic) bond motifs is 1. The highest BCUT2D eigenvalue weighted by atomic mass is 16.5. The quantitative estimate of drug-likeness (QED) is 0.784. The van der Waals surface area contributed by atoms with Gasteiger partial charge < -0.3 is 20.1 Å². The van der Waals surface area contributed by atoms with Crippen LogP contribution in [0, 0.1) is 6.92 Å². The molecule has 0 spiro atoms. The number of hydrogen-bond donors (Lipinski definition) is 2. The number of rotatable bonds is 1. The molecule has 88 valence electrons. The van der Waals surface area contributed by atoms with Crippen molar-refractivity contribution in [2.75, 3.05) is 12.3 Å². The van der Waals surface area contributed by atoms with Gasteiger partial charge in [0.1, 0.15) is 11.5 Å². The summed E-state index contributed by atoms with van der Waals surface area (Å²) in [5, 5.41) is 13.8. The fraction of sp³-hybridized carbons (Fsp3) is 0.250. The minimum absolute atomic E-state index is 0.199. The number of nitrogen functional groups attached to an aromatic ring is 1. The average molecular weight is 232 g/mol. The number of anilines is 1. The summed E-state index contributed by atoms with van der Waals surface area (Å²) < 4.78 is 10.6. The van der Waals surface area contributed by atoms with Crippen LogP contribution in [0.2, 0.25) is 0 Å². The van der Waals surface area contributed by atoms with Crippen LogP contribution in [0.15, 0.2) is 16.7 Å². The zero-order valence-electron chi connectivity index (χ0n) is 9.36. The molecule has 3 N–H and O–H groups in total. The van der Waals surface area contributed by atoms with Gasteiger partial charge in [-0.15, -0.1) is 0 Å². The van der Waals surface area contributed by atoms with E-state index < -0.39 is 0 Å². The predicted molar refractivity (Wildman–Crippen MR) is 62.0 cm³/mol. The van der Waals surface area contributed by atoms with Crippen LogP contribution in [0.5, 0.6) is 11.5 Å². The standard InChI is InChI=1S/C12H12N2O3/c1-6-4-8-7(2-3-16-8)11(12(6)15)9-5-10(13)14-17-9/h4-5,15H,2-3H2,1H3,(H2,13,14). The zero-order chi connectivity index (χ0) is 12.0. The van der Waals surface area contributed by atoms with E-state index in [2.05, 4.69) is 5.16 Å². The number of aromatic nitrogens is 1. The summed E-state index contributed by atoms with van der Waals surface area (Å²) in [5.41, 5.74) is 7.87. The molecule has 0 aliphatic carbocycles. The molecule has 1 aromatic carbocycles. The van der Waals surface area contributed by atoms with E-state index in [1.165, 1.54) is 0 Å². The van der Waals surface area contributed by atoms with Gasteiger partial charge in [-0.2, -0.15) is 0 Å². The third-order valence-corrected chi connectivity index (χ3v) is 2.94. The Morgan fingerprint density at radius 1 is 1.41 bits per heavy atom. The number of hydrogen-bond acceptors (Lipinski definition) is 5. The second-order valence-electron chi connectivity index (χ2n) is 4.11. The molecule has 0 amide bonds. The molecule has 0 unspecified atom stereocenters. The molecule has 0 atom stereocenters. The maximum absolute atomic E-state index is 10.1. The number of nitrogens with two attached hydrogens (primary N) is 1. The van der Waals surface area contributed by atoms with E-state index in [0.717, 1.165) is 23.3 Å². The first-order chi connectivity index (χ1) is 8.16. The molecular formula is C12H12N2O3. The Kier molecular flexibility index (Phi) is 2.01. The molecule has 2 aromatic rings. The van der Waals surface area contributed by atoms with E-state index in [4.69, 9.17) is 15.0 Å². The summed E-state index contributed by atoms with van der Waals surface area (Å²) in [6.07, 6.45) is 0.749. The van der Waals surface area contributed by atoms with Crippen LogP contribution in [0.4, 0.5) is 5.82 Å². The number of nitrogens with zero attached hydrogens (tertiary/aromatic N) is 1. The van der Waals surface area contributed by atoms with Crippen molar-refractivity contribution in [2.45, 2.75) is 13.3 Å². The molecule has 0 fully saturated rings. The Bertz CT molecular complexity index is 590. The van der Waals surface area contributed by atoms with Gasteiger partial charge in [-0.05, 0) is 18.6 Å². The van der Waals surface area contributed by atoms with E-state index in [1.54, 1.807) is 6.07 Å². The molecule has 0 saturated carbocycles. The Morgan fingerprint density at radius 2 is 2.24 bits per heavy atom. The Hall–Kier alpha value is -2.17. The summed E-state index contributed by atoms with van der Waals surface area (Å²) in [6, 6.07) is 3.44. The summed E-state index contributed by atoms with van der Waals surface area (Å²) in [6.45, 7) is 2.44. The predicted octanol–water partition coefficient (Wildman–Crippen LogP) is 1.87. The second kappa shape index (κ2) is 3.41. The fourth-order valence-electron chi connectivity index (χ4n) is 2.13. The van der Waals surface area contributed by atoms with Gasteiger partial charge in [0.15, 0.2) is 11.6 Å². The summed E-state index contributed by atoms with van der Waals surface area (Å²) in [5.74, 6) is 1.77. The van der Waals surface area contributed by atoms with Gasteiger partial charge in [-0.3, -0.25) is 0 Å². The Balaban J connectivity index is 2.28. The van der Waals surface area contributed by atoms with Crippen LogP contribution in [-0.4, -0.2) is 16.9 Å². The van der Waals surface area contributed by atoms with Crippen molar-refractivity contribution in [1.29, 1.82) is 0 Å². The minimum atomic E-state index is 0.199. The van der Waals surface area contributed by atoms with Crippen LogP contribution in [0.3, 0.4) is 0 Å². The first-order valence-corrected chi connectivity index (χ1v) is 5.37. The van der Waals surface area contributed by atoms with Crippen molar-refractivity contribution < 1.29 is 14.4 Å². The van der Waals surface area contributed by atoms with Gasteiger partial charge in [-0.1, -0.05) is 5.16 Å². The highest BCUT2D eigenvalue weighted by Crippen LogP contribution is 2.43. The zero-order valence-corrected chi connectivity index (χ0v) is 9.36. The molecule has 5 nitrogen and oxygen atoms in total. The number of ether oxygens (including phenoxy) is 1. The lowest BCUT2D eigenvalue weighted by atomic mass is 9.98. The minimum Gasteiger partial charge on any atom is -0.507 e. The molecule has 0 radical (unpaired) electrons. The number of aryl methyl sites for hydroxylation is 1. The molecule has 17 heavy (non-hydrogen) atoms. The molecule has 1 aliphatic rings. The summed E-state index contributed by atoms with van der Waals surface area (Å²) in [4.78, 5) is 0. The summed E-state index contributed by atoms with van der Waals surface area (Å²) in [7, 11) is 0. The van der Waals surface area contributed by atoms with Gasteiger partial charge in [-0.25, -0.2) is 0 Å². The Labute approximate surface area is 97.8 Å². The number of phenols is 1. The molecular weight excluding hydrogens is 220 g/mol. The van der Waals surface area contributed by atoms with Crippen LogP contribution < -0.4 is 10.5 Å². The normalized spacial score (nSPS) is 13.5.